The number of hydrogen-bond acceptors (Lipinski definition) is 9. The average Bonchev–Trinajstić information content (AvgIpc) is 2.91. The number of carbonyl (C=O) groups is 2. The number of nitrogens with one attached hydrogen (secondary N) is 1. The van der Waals surface area contributed by atoms with Gasteiger partial charge < -0.3 is 29.8 Å². The monoisotopic (exact) mass is 526 g/mol. The van der Waals surface area contributed by atoms with Crippen LogP contribution < -0.4 is 19.8 Å². The smallest absolute Gasteiger partial charge is 0.407 e. The van der Waals surface area contributed by atoms with Crippen molar-refractivity contribution in [2.45, 2.75) is 0 Å². The summed E-state index contributed by atoms with van der Waals surface area (Å²) in [5.74, 6) is -2.28. The molecule has 2 aromatic rings. The van der Waals surface area contributed by atoms with Crippen LogP contribution in [0.3, 0.4) is 0 Å². The Morgan fingerprint density at radius 1 is 1.11 bits per heavy atom. The average molecular weight is 527 g/mol. The van der Waals surface area contributed by atoms with Crippen LogP contribution in [0.4, 0.5) is 25.0 Å². The van der Waals surface area contributed by atoms with Crippen LogP contribution in [-0.2, 0) is 4.79 Å². The highest BCUT2D eigenvalue weighted by Crippen LogP contribution is 2.35. The van der Waals surface area contributed by atoms with Gasteiger partial charge in [-0.05, 0) is 24.3 Å². The summed E-state index contributed by atoms with van der Waals surface area (Å²) in [5.41, 5.74) is 2.36. The van der Waals surface area contributed by atoms with Crippen molar-refractivity contribution in [3.05, 3.63) is 71.2 Å². The van der Waals surface area contributed by atoms with Crippen LogP contribution in [0.5, 0.6) is 11.5 Å². The van der Waals surface area contributed by atoms with Crippen LogP contribution in [-0.4, -0.2) is 73.3 Å². The molecular weight excluding hydrogens is 502 g/mol. The first kappa shape index (κ1) is 25.0. The van der Waals surface area contributed by atoms with Gasteiger partial charge in [0.25, 0.3) is 0 Å². The normalized spacial score (nSPS) is 17.3. The van der Waals surface area contributed by atoms with Gasteiger partial charge in [-0.3, -0.25) is 4.79 Å². The molecule has 38 heavy (non-hydrogen) atoms. The summed E-state index contributed by atoms with van der Waals surface area (Å²) in [7, 11) is 1.51. The molecule has 2 N–H and O–H groups in total. The summed E-state index contributed by atoms with van der Waals surface area (Å²) in [6.45, 7) is 1.73. The van der Waals surface area contributed by atoms with Crippen molar-refractivity contribution >= 4 is 23.3 Å². The lowest BCUT2D eigenvalue weighted by Crippen LogP contribution is -2.48. The topological polar surface area (TPSA) is 119 Å². The van der Waals surface area contributed by atoms with Gasteiger partial charge in [0.2, 0.25) is 5.82 Å². The number of hydrogen-bond donors (Lipinski definition) is 2. The van der Waals surface area contributed by atoms with E-state index in [9.17, 15) is 23.5 Å². The summed E-state index contributed by atoms with van der Waals surface area (Å²) in [6, 6.07) is 9.07. The third-order valence-corrected chi connectivity index (χ3v) is 6.33. The fourth-order valence-electron chi connectivity index (χ4n) is 4.42. The molecule has 0 unspecified atom stereocenters. The van der Waals surface area contributed by atoms with Crippen LogP contribution in [0.25, 0.3) is 0 Å². The number of allylic oxidation sites excluding steroid dienone is 1. The van der Waals surface area contributed by atoms with Crippen molar-refractivity contribution in [3.63, 3.8) is 0 Å². The van der Waals surface area contributed by atoms with Crippen molar-refractivity contribution in [1.82, 2.24) is 9.96 Å². The molecule has 0 radical (unpaired) electrons. The van der Waals surface area contributed by atoms with Crippen molar-refractivity contribution in [2.75, 3.05) is 56.6 Å². The molecule has 5 rings (SSSR count). The van der Waals surface area contributed by atoms with Crippen molar-refractivity contribution in [1.29, 1.82) is 0 Å². The predicted molar refractivity (Wildman–Crippen MR) is 132 cm³/mol. The maximum atomic E-state index is 14.2. The van der Waals surface area contributed by atoms with E-state index >= 15 is 0 Å². The molecule has 0 aliphatic carbocycles. The van der Waals surface area contributed by atoms with E-state index in [0.29, 0.717) is 48.9 Å². The van der Waals surface area contributed by atoms with E-state index in [2.05, 4.69) is 20.4 Å². The van der Waals surface area contributed by atoms with E-state index in [1.807, 2.05) is 12.1 Å². The Morgan fingerprint density at radius 3 is 2.63 bits per heavy atom. The minimum absolute atomic E-state index is 0.00188. The summed E-state index contributed by atoms with van der Waals surface area (Å²) in [6.07, 6.45) is 0.467. The zero-order valence-corrected chi connectivity index (χ0v) is 20.4. The van der Waals surface area contributed by atoms with Gasteiger partial charge in [-0.1, -0.05) is 6.07 Å². The SMILES string of the molecule is COc1cc(N2CCN(C(=O)O)CC2)ccc1NC1=C2C(=O)CN=NC2=CN(Oc2cccc(F)c2F)C1. The number of anilines is 2. The van der Waals surface area contributed by atoms with Crippen LogP contribution in [0.15, 0.2) is 69.8 Å². The number of benzene rings is 2. The van der Waals surface area contributed by atoms with Gasteiger partial charge >= 0.3 is 6.09 Å². The summed E-state index contributed by atoms with van der Waals surface area (Å²) in [5, 5.41) is 21.5. The van der Waals surface area contributed by atoms with Crippen LogP contribution in [0.2, 0.25) is 0 Å². The van der Waals surface area contributed by atoms with E-state index in [-0.39, 0.29) is 30.3 Å². The Hall–Kier alpha value is -4.68. The zero-order valence-electron chi connectivity index (χ0n) is 20.4. The van der Waals surface area contributed by atoms with E-state index in [1.54, 1.807) is 6.07 Å². The molecule has 3 heterocycles. The van der Waals surface area contributed by atoms with E-state index in [1.165, 1.54) is 35.4 Å². The number of amides is 1. The predicted octanol–water partition coefficient (Wildman–Crippen LogP) is 3.63. The maximum Gasteiger partial charge on any atom is 0.407 e. The zero-order chi connectivity index (χ0) is 26.8. The molecule has 0 saturated carbocycles. The van der Waals surface area contributed by atoms with Gasteiger partial charge in [0, 0.05) is 37.9 Å². The Labute approximate surface area is 216 Å². The lowest BCUT2D eigenvalue weighted by atomic mass is 10.0. The Morgan fingerprint density at radius 2 is 1.89 bits per heavy atom. The van der Waals surface area contributed by atoms with Crippen LogP contribution >= 0.6 is 0 Å². The molecule has 1 saturated heterocycles. The summed E-state index contributed by atoms with van der Waals surface area (Å²) >= 11 is 0. The first-order valence-corrected chi connectivity index (χ1v) is 11.8. The van der Waals surface area contributed by atoms with E-state index in [4.69, 9.17) is 9.57 Å². The number of hydroxylamine groups is 2. The van der Waals surface area contributed by atoms with E-state index < -0.39 is 17.7 Å². The number of halogens is 2. The molecule has 2 aromatic carbocycles. The molecule has 3 aliphatic heterocycles. The number of rotatable bonds is 6. The third kappa shape index (κ3) is 4.94. The molecule has 0 atom stereocenters. The lowest BCUT2D eigenvalue weighted by molar-refractivity contribution is -0.114. The van der Waals surface area contributed by atoms with Gasteiger partial charge in [0.1, 0.15) is 18.0 Å². The largest absolute Gasteiger partial charge is 0.494 e. The van der Waals surface area contributed by atoms with Crippen LogP contribution in [0.1, 0.15) is 0 Å². The number of piperazine rings is 1. The van der Waals surface area contributed by atoms with Crippen molar-refractivity contribution in [2.24, 2.45) is 10.2 Å². The number of carboxylic acid groups (broad SMARTS) is 1. The van der Waals surface area contributed by atoms with E-state index in [0.717, 1.165) is 11.8 Å². The standard InChI is InChI=1S/C25H24F2N6O5/c1-37-22-11-15(31-7-9-32(10-8-31)25(35)36)5-6-17(22)29-18-13-33(14-19-23(18)20(34)12-28-30-19)38-21-4-2-3-16(26)24(21)27/h2-6,11,14,29H,7-10,12-13H2,1H3,(H,35,36). The Balaban J connectivity index is 1.40. The van der Waals surface area contributed by atoms with Gasteiger partial charge in [-0.2, -0.15) is 14.6 Å². The second-order valence-corrected chi connectivity index (χ2v) is 8.68. The number of fused-ring (bicyclic) bond motifs is 1. The molecule has 3 aliphatic rings. The van der Waals surface area contributed by atoms with Crippen LogP contribution in [0, 0.1) is 11.6 Å². The van der Waals surface area contributed by atoms with Crippen molar-refractivity contribution in [3.8, 4) is 11.5 Å². The molecule has 11 nitrogen and oxygen atoms in total. The fourth-order valence-corrected chi connectivity index (χ4v) is 4.42. The Kier molecular flexibility index (Phi) is 6.81. The minimum atomic E-state index is -1.14. The molecule has 1 fully saturated rings. The number of ketones is 1. The molecule has 198 valence electrons. The number of Topliss-reactive ketones (excluding diaryl/α,β-unsaturated/α-hetero) is 1. The van der Waals surface area contributed by atoms with Gasteiger partial charge in [-0.15, -0.1) is 0 Å². The maximum absolute atomic E-state index is 14.2. The summed E-state index contributed by atoms with van der Waals surface area (Å²) < 4.78 is 33.5. The molecule has 0 spiro atoms. The highest BCUT2D eigenvalue weighted by atomic mass is 19.2. The fraction of sp³-hybridized carbons (Fsp3) is 0.280. The Bertz CT molecular complexity index is 1370. The summed E-state index contributed by atoms with van der Waals surface area (Å²) in [4.78, 5) is 32.9. The molecular formula is C25H24F2N6O5. The quantitative estimate of drug-likeness (QED) is 0.586. The molecule has 0 aromatic heterocycles. The highest BCUT2D eigenvalue weighted by molar-refractivity contribution is 6.03. The van der Waals surface area contributed by atoms with Gasteiger partial charge in [0.05, 0.1) is 36.8 Å². The first-order chi connectivity index (χ1) is 18.3. The molecule has 13 heteroatoms. The first-order valence-electron chi connectivity index (χ1n) is 11.8. The number of azo groups is 1. The van der Waals surface area contributed by atoms with Gasteiger partial charge in [-0.25, -0.2) is 14.2 Å². The minimum Gasteiger partial charge on any atom is -0.494 e. The number of nitrogens with zero attached hydrogens (tertiary/aromatic N) is 5. The van der Waals surface area contributed by atoms with Crippen molar-refractivity contribution < 1.29 is 33.1 Å². The lowest BCUT2D eigenvalue weighted by Gasteiger charge is -2.35. The van der Waals surface area contributed by atoms with Gasteiger partial charge in [0.15, 0.2) is 17.3 Å². The number of methoxy groups -OCH3 is 1. The number of ether oxygens (including phenoxy) is 1. The third-order valence-electron chi connectivity index (χ3n) is 6.33. The highest BCUT2D eigenvalue weighted by Gasteiger charge is 2.30. The second kappa shape index (κ2) is 10.4. The molecule has 1 amide bonds. The second-order valence-electron chi connectivity index (χ2n) is 8.68. The molecule has 0 bridgehead atoms. The number of carbonyl (C=O) groups excluding carboxylic acids is 1.